The molecule has 0 aromatic heterocycles. The van der Waals surface area contributed by atoms with Crippen LogP contribution in [0.25, 0.3) is 0 Å². The van der Waals surface area contributed by atoms with Gasteiger partial charge in [0.1, 0.15) is 5.75 Å². The third-order valence-electron chi connectivity index (χ3n) is 3.50. The molecule has 122 valence electrons. The minimum atomic E-state index is -0.0166. The van der Waals surface area contributed by atoms with Gasteiger partial charge in [0.25, 0.3) is 0 Å². The maximum absolute atomic E-state index is 10.9. The SMILES string of the molecule is CC(=O)NCC1CN(CCCOc2ccc(Cl)cc2)CCO1. The Bertz CT molecular complexity index is 467. The van der Waals surface area contributed by atoms with E-state index in [-0.39, 0.29) is 12.0 Å². The Labute approximate surface area is 136 Å². The fourth-order valence-corrected chi connectivity index (χ4v) is 2.50. The fraction of sp³-hybridized carbons (Fsp3) is 0.562. The number of hydrogen-bond donors (Lipinski definition) is 1. The molecule has 1 atom stereocenters. The standard InChI is InChI=1S/C16H23ClN2O3/c1-13(20)18-11-16-12-19(8-10-22-16)7-2-9-21-15-5-3-14(17)4-6-15/h3-6,16H,2,7-12H2,1H3,(H,18,20). The minimum absolute atomic E-state index is 0.0166. The van der Waals surface area contributed by atoms with Gasteiger partial charge < -0.3 is 14.8 Å². The van der Waals surface area contributed by atoms with Crippen molar-refractivity contribution in [1.82, 2.24) is 10.2 Å². The Hall–Kier alpha value is -1.30. The van der Waals surface area contributed by atoms with Crippen molar-refractivity contribution in [3.05, 3.63) is 29.3 Å². The number of carbonyl (C=O) groups is 1. The van der Waals surface area contributed by atoms with Crippen LogP contribution in [0.4, 0.5) is 0 Å². The molecule has 5 nitrogen and oxygen atoms in total. The Morgan fingerprint density at radius 2 is 2.23 bits per heavy atom. The van der Waals surface area contributed by atoms with E-state index in [1.54, 1.807) is 0 Å². The highest BCUT2D eigenvalue weighted by molar-refractivity contribution is 6.30. The molecule has 1 fully saturated rings. The lowest BCUT2D eigenvalue weighted by atomic mass is 10.2. The summed E-state index contributed by atoms with van der Waals surface area (Å²) in [5.74, 6) is 0.826. The molecule has 22 heavy (non-hydrogen) atoms. The van der Waals surface area contributed by atoms with Gasteiger partial charge in [-0.15, -0.1) is 0 Å². The molecule has 1 saturated heterocycles. The molecule has 0 saturated carbocycles. The Balaban J connectivity index is 1.61. The van der Waals surface area contributed by atoms with Crippen molar-refractivity contribution in [2.45, 2.75) is 19.4 Å². The predicted octanol–water partition coefficient (Wildman–Crippen LogP) is 1.95. The number of ether oxygens (including phenoxy) is 2. The van der Waals surface area contributed by atoms with Crippen molar-refractivity contribution < 1.29 is 14.3 Å². The lowest BCUT2D eigenvalue weighted by molar-refractivity contribution is -0.120. The number of nitrogens with zero attached hydrogens (tertiary/aromatic N) is 1. The number of morpholine rings is 1. The van der Waals surface area contributed by atoms with E-state index in [4.69, 9.17) is 21.1 Å². The van der Waals surface area contributed by atoms with Crippen LogP contribution < -0.4 is 10.1 Å². The van der Waals surface area contributed by atoms with Crippen LogP contribution in [-0.2, 0) is 9.53 Å². The second kappa shape index (κ2) is 8.98. The van der Waals surface area contributed by atoms with Crippen molar-refractivity contribution in [2.75, 3.05) is 39.4 Å². The lowest BCUT2D eigenvalue weighted by Crippen LogP contribution is -2.47. The second-order valence-electron chi connectivity index (χ2n) is 5.39. The van der Waals surface area contributed by atoms with Crippen LogP contribution >= 0.6 is 11.6 Å². The predicted molar refractivity (Wildman–Crippen MR) is 86.4 cm³/mol. The van der Waals surface area contributed by atoms with Crippen LogP contribution in [-0.4, -0.2) is 56.3 Å². The molecule has 1 aliphatic heterocycles. The third-order valence-corrected chi connectivity index (χ3v) is 3.75. The molecular weight excluding hydrogens is 304 g/mol. The zero-order chi connectivity index (χ0) is 15.8. The molecular formula is C16H23ClN2O3. The first kappa shape index (κ1) is 17.1. The summed E-state index contributed by atoms with van der Waals surface area (Å²) in [5, 5.41) is 3.52. The summed E-state index contributed by atoms with van der Waals surface area (Å²) in [7, 11) is 0. The maximum atomic E-state index is 10.9. The van der Waals surface area contributed by atoms with E-state index in [0.717, 1.165) is 31.8 Å². The number of hydrogen-bond acceptors (Lipinski definition) is 4. The molecule has 1 heterocycles. The van der Waals surface area contributed by atoms with E-state index < -0.39 is 0 Å². The number of nitrogens with one attached hydrogen (secondary N) is 1. The first-order valence-electron chi connectivity index (χ1n) is 7.60. The van der Waals surface area contributed by atoms with Gasteiger partial charge in [0.2, 0.25) is 5.91 Å². The van der Waals surface area contributed by atoms with Crippen LogP contribution in [0.1, 0.15) is 13.3 Å². The molecule has 1 aliphatic rings. The quantitative estimate of drug-likeness (QED) is 0.778. The van der Waals surface area contributed by atoms with Gasteiger partial charge in [-0.2, -0.15) is 0 Å². The molecule has 0 aliphatic carbocycles. The van der Waals surface area contributed by atoms with Crippen LogP contribution in [0.15, 0.2) is 24.3 Å². The highest BCUT2D eigenvalue weighted by Crippen LogP contribution is 2.15. The topological polar surface area (TPSA) is 50.8 Å². The summed E-state index contributed by atoms with van der Waals surface area (Å²) in [5.41, 5.74) is 0. The summed E-state index contributed by atoms with van der Waals surface area (Å²) in [6.45, 7) is 6.23. The molecule has 1 amide bonds. The fourth-order valence-electron chi connectivity index (χ4n) is 2.37. The highest BCUT2D eigenvalue weighted by atomic mass is 35.5. The summed E-state index contributed by atoms with van der Waals surface area (Å²) >= 11 is 5.83. The Morgan fingerprint density at radius 1 is 1.45 bits per heavy atom. The van der Waals surface area contributed by atoms with E-state index in [1.165, 1.54) is 6.92 Å². The molecule has 1 unspecified atom stereocenters. The maximum Gasteiger partial charge on any atom is 0.216 e. The van der Waals surface area contributed by atoms with E-state index in [9.17, 15) is 4.79 Å². The summed E-state index contributed by atoms with van der Waals surface area (Å²) in [4.78, 5) is 13.3. The smallest absolute Gasteiger partial charge is 0.216 e. The summed E-state index contributed by atoms with van der Waals surface area (Å²) in [6.07, 6.45) is 1.03. The third kappa shape index (κ3) is 6.22. The van der Waals surface area contributed by atoms with Gasteiger partial charge in [-0.05, 0) is 30.7 Å². The van der Waals surface area contributed by atoms with Crippen LogP contribution in [0, 0.1) is 0 Å². The minimum Gasteiger partial charge on any atom is -0.494 e. The molecule has 0 radical (unpaired) electrons. The lowest BCUT2D eigenvalue weighted by Gasteiger charge is -2.32. The average molecular weight is 327 g/mol. The molecule has 1 aromatic rings. The largest absolute Gasteiger partial charge is 0.494 e. The van der Waals surface area contributed by atoms with Gasteiger partial charge in [0.05, 0.1) is 19.3 Å². The molecule has 0 spiro atoms. The molecule has 2 rings (SSSR count). The van der Waals surface area contributed by atoms with E-state index in [0.29, 0.717) is 24.8 Å². The average Bonchev–Trinajstić information content (AvgIpc) is 2.52. The zero-order valence-corrected chi connectivity index (χ0v) is 13.6. The second-order valence-corrected chi connectivity index (χ2v) is 5.82. The first-order valence-corrected chi connectivity index (χ1v) is 7.98. The van der Waals surface area contributed by atoms with Gasteiger partial charge in [0, 0.05) is 38.1 Å². The highest BCUT2D eigenvalue weighted by Gasteiger charge is 2.20. The van der Waals surface area contributed by atoms with Crippen molar-refractivity contribution in [3.8, 4) is 5.75 Å². The Morgan fingerprint density at radius 3 is 2.95 bits per heavy atom. The molecule has 6 heteroatoms. The first-order chi connectivity index (χ1) is 10.6. The number of carbonyl (C=O) groups excluding carboxylic acids is 1. The van der Waals surface area contributed by atoms with Crippen LogP contribution in [0.2, 0.25) is 5.02 Å². The number of benzene rings is 1. The van der Waals surface area contributed by atoms with E-state index in [1.807, 2.05) is 24.3 Å². The number of halogens is 1. The summed E-state index contributed by atoms with van der Waals surface area (Å²) < 4.78 is 11.3. The van der Waals surface area contributed by atoms with Gasteiger partial charge >= 0.3 is 0 Å². The van der Waals surface area contributed by atoms with Crippen molar-refractivity contribution >= 4 is 17.5 Å². The van der Waals surface area contributed by atoms with Crippen molar-refractivity contribution in [2.24, 2.45) is 0 Å². The van der Waals surface area contributed by atoms with Gasteiger partial charge in [-0.3, -0.25) is 9.69 Å². The number of rotatable bonds is 7. The van der Waals surface area contributed by atoms with Crippen molar-refractivity contribution in [1.29, 1.82) is 0 Å². The van der Waals surface area contributed by atoms with Gasteiger partial charge in [-0.25, -0.2) is 0 Å². The van der Waals surface area contributed by atoms with Crippen molar-refractivity contribution in [3.63, 3.8) is 0 Å². The monoisotopic (exact) mass is 326 g/mol. The van der Waals surface area contributed by atoms with Gasteiger partial charge in [-0.1, -0.05) is 11.6 Å². The van der Waals surface area contributed by atoms with E-state index in [2.05, 4.69) is 10.2 Å². The van der Waals surface area contributed by atoms with E-state index >= 15 is 0 Å². The Kier molecular flexibility index (Phi) is 6.96. The normalized spacial score (nSPS) is 18.9. The number of amides is 1. The molecule has 1 N–H and O–H groups in total. The zero-order valence-electron chi connectivity index (χ0n) is 12.9. The van der Waals surface area contributed by atoms with Crippen LogP contribution in [0.5, 0.6) is 5.75 Å². The summed E-state index contributed by atoms with van der Waals surface area (Å²) in [6, 6.07) is 7.40. The van der Waals surface area contributed by atoms with Gasteiger partial charge in [0.15, 0.2) is 0 Å². The molecule has 0 bridgehead atoms. The molecule has 1 aromatic carbocycles. The van der Waals surface area contributed by atoms with Crippen LogP contribution in [0.3, 0.4) is 0 Å².